The summed E-state index contributed by atoms with van der Waals surface area (Å²) < 4.78 is 0. The summed E-state index contributed by atoms with van der Waals surface area (Å²) in [6.07, 6.45) is 0. The molecule has 138 valence electrons. The highest BCUT2D eigenvalue weighted by Crippen LogP contribution is 2.19. The first-order valence-corrected chi connectivity index (χ1v) is 9.41. The van der Waals surface area contributed by atoms with Crippen molar-refractivity contribution in [2.24, 2.45) is 0 Å². The van der Waals surface area contributed by atoms with Crippen LogP contribution in [-0.2, 0) is 11.3 Å². The van der Waals surface area contributed by atoms with Crippen molar-refractivity contribution in [1.29, 1.82) is 0 Å². The summed E-state index contributed by atoms with van der Waals surface area (Å²) in [5.74, 6) is -0.0306. The van der Waals surface area contributed by atoms with Crippen molar-refractivity contribution < 1.29 is 10.1 Å². The van der Waals surface area contributed by atoms with Gasteiger partial charge in [0.15, 0.2) is 6.04 Å². The van der Waals surface area contributed by atoms with Gasteiger partial charge in [0, 0.05) is 21.8 Å². The van der Waals surface area contributed by atoms with Gasteiger partial charge in [0.25, 0.3) is 5.91 Å². The molecule has 0 heterocycles. The Hall–Kier alpha value is -2.62. The average Bonchev–Trinajstić information content (AvgIpc) is 2.66. The Kier molecular flexibility index (Phi) is 6.28. The van der Waals surface area contributed by atoms with Gasteiger partial charge in [-0.15, -0.1) is 0 Å². The van der Waals surface area contributed by atoms with E-state index >= 15 is 0 Å². The van der Waals surface area contributed by atoms with Gasteiger partial charge in [-0.3, -0.25) is 4.79 Å². The van der Waals surface area contributed by atoms with Crippen molar-refractivity contribution >= 4 is 23.2 Å². The number of aryl methyl sites for hydroxylation is 2. The topological polar surface area (TPSA) is 45.7 Å². The maximum absolute atomic E-state index is 13.1. The Morgan fingerprint density at radius 3 is 2.52 bits per heavy atom. The minimum atomic E-state index is -0.343. The van der Waals surface area contributed by atoms with Gasteiger partial charge >= 0.3 is 0 Å². The molecule has 0 bridgehead atoms. The van der Waals surface area contributed by atoms with Crippen LogP contribution in [0.3, 0.4) is 0 Å². The standard InChI is InChI=1S/C23H23ClN2O/c1-16-11-12-17(2)21(13-16)26-23(27)22(19-8-4-3-5-9-19)25-15-18-7-6-10-20(24)14-18/h3-14,22,25H,15H2,1-2H3,(H,26,27)/p+1/t22-/m1/s1. The summed E-state index contributed by atoms with van der Waals surface area (Å²) in [6.45, 7) is 4.69. The van der Waals surface area contributed by atoms with Crippen LogP contribution in [0.5, 0.6) is 0 Å². The second kappa shape index (κ2) is 8.85. The Labute approximate surface area is 165 Å². The number of benzene rings is 3. The number of amides is 1. The minimum Gasteiger partial charge on any atom is -0.328 e. The molecule has 27 heavy (non-hydrogen) atoms. The van der Waals surface area contributed by atoms with Crippen molar-refractivity contribution in [2.75, 3.05) is 5.32 Å². The van der Waals surface area contributed by atoms with Gasteiger partial charge in [0.05, 0.1) is 0 Å². The van der Waals surface area contributed by atoms with Crippen molar-refractivity contribution in [3.05, 3.63) is 100 Å². The van der Waals surface area contributed by atoms with Crippen LogP contribution in [0.15, 0.2) is 72.8 Å². The maximum Gasteiger partial charge on any atom is 0.287 e. The Morgan fingerprint density at radius 2 is 1.78 bits per heavy atom. The van der Waals surface area contributed by atoms with Crippen LogP contribution < -0.4 is 10.6 Å². The van der Waals surface area contributed by atoms with Crippen LogP contribution in [0.4, 0.5) is 5.69 Å². The Balaban J connectivity index is 1.81. The van der Waals surface area contributed by atoms with Gasteiger partial charge < -0.3 is 10.6 Å². The third-order valence-electron chi connectivity index (χ3n) is 4.57. The van der Waals surface area contributed by atoms with Crippen molar-refractivity contribution in [2.45, 2.75) is 26.4 Å². The number of quaternary nitrogens is 1. The molecule has 3 aromatic rings. The third-order valence-corrected chi connectivity index (χ3v) is 4.81. The van der Waals surface area contributed by atoms with E-state index in [1.54, 1.807) is 0 Å². The van der Waals surface area contributed by atoms with E-state index in [1.165, 1.54) is 0 Å². The highest BCUT2D eigenvalue weighted by atomic mass is 35.5. The number of hydrogen-bond acceptors (Lipinski definition) is 1. The largest absolute Gasteiger partial charge is 0.328 e. The van der Waals surface area contributed by atoms with E-state index in [0.29, 0.717) is 11.6 Å². The zero-order valence-corrected chi connectivity index (χ0v) is 16.3. The molecule has 0 fully saturated rings. The molecule has 0 aromatic heterocycles. The molecular formula is C23H24ClN2O+. The zero-order chi connectivity index (χ0) is 19.2. The predicted molar refractivity (Wildman–Crippen MR) is 111 cm³/mol. The number of nitrogens with one attached hydrogen (secondary N) is 1. The molecule has 0 aliphatic heterocycles. The quantitative estimate of drug-likeness (QED) is 0.655. The summed E-state index contributed by atoms with van der Waals surface area (Å²) in [7, 11) is 0. The van der Waals surface area contributed by atoms with Crippen molar-refractivity contribution in [1.82, 2.24) is 0 Å². The molecule has 0 spiro atoms. The normalized spacial score (nSPS) is 11.8. The minimum absolute atomic E-state index is 0.0306. The maximum atomic E-state index is 13.1. The number of rotatable bonds is 6. The van der Waals surface area contributed by atoms with Gasteiger partial charge in [-0.25, -0.2) is 0 Å². The van der Waals surface area contributed by atoms with Gasteiger partial charge in [0.1, 0.15) is 6.54 Å². The molecule has 1 amide bonds. The second-order valence-electron chi connectivity index (χ2n) is 6.77. The zero-order valence-electron chi connectivity index (χ0n) is 15.6. The molecule has 0 radical (unpaired) electrons. The van der Waals surface area contributed by atoms with E-state index in [0.717, 1.165) is 27.9 Å². The first-order valence-electron chi connectivity index (χ1n) is 9.04. The lowest BCUT2D eigenvalue weighted by Crippen LogP contribution is -2.85. The molecule has 0 saturated carbocycles. The van der Waals surface area contributed by atoms with Crippen LogP contribution in [0.25, 0.3) is 0 Å². The van der Waals surface area contributed by atoms with E-state index < -0.39 is 0 Å². The van der Waals surface area contributed by atoms with E-state index in [4.69, 9.17) is 11.6 Å². The van der Waals surface area contributed by atoms with Crippen LogP contribution >= 0.6 is 11.6 Å². The summed E-state index contributed by atoms with van der Waals surface area (Å²) in [6, 6.07) is 23.3. The Bertz CT molecular complexity index is 925. The summed E-state index contributed by atoms with van der Waals surface area (Å²) in [4.78, 5) is 13.1. The summed E-state index contributed by atoms with van der Waals surface area (Å²) in [5, 5.41) is 5.85. The Morgan fingerprint density at radius 1 is 1.00 bits per heavy atom. The molecule has 0 saturated heterocycles. The molecule has 3 aromatic carbocycles. The van der Waals surface area contributed by atoms with Crippen LogP contribution in [0.2, 0.25) is 5.02 Å². The lowest BCUT2D eigenvalue weighted by atomic mass is 10.0. The molecule has 3 rings (SSSR count). The fraction of sp³-hybridized carbons (Fsp3) is 0.174. The number of nitrogens with two attached hydrogens (primary N) is 1. The molecule has 3 N–H and O–H groups in total. The van der Waals surface area contributed by atoms with E-state index in [2.05, 4.69) is 5.32 Å². The van der Waals surface area contributed by atoms with E-state index in [1.807, 2.05) is 92.0 Å². The molecule has 4 heteroatoms. The molecule has 0 aliphatic rings. The van der Waals surface area contributed by atoms with Crippen LogP contribution in [0.1, 0.15) is 28.3 Å². The smallest absolute Gasteiger partial charge is 0.287 e. The first-order chi connectivity index (χ1) is 13.0. The fourth-order valence-electron chi connectivity index (χ4n) is 3.05. The first kappa shape index (κ1) is 19.2. The number of anilines is 1. The van der Waals surface area contributed by atoms with Crippen LogP contribution in [-0.4, -0.2) is 5.91 Å². The van der Waals surface area contributed by atoms with Crippen LogP contribution in [0, 0.1) is 13.8 Å². The summed E-state index contributed by atoms with van der Waals surface area (Å²) >= 11 is 6.09. The van der Waals surface area contributed by atoms with Crippen molar-refractivity contribution in [3.8, 4) is 0 Å². The number of carbonyl (C=O) groups excluding carboxylic acids is 1. The lowest BCUT2D eigenvalue weighted by molar-refractivity contribution is -0.697. The predicted octanol–water partition coefficient (Wildman–Crippen LogP) is 4.40. The second-order valence-corrected chi connectivity index (χ2v) is 7.20. The molecule has 0 unspecified atom stereocenters. The lowest BCUT2D eigenvalue weighted by Gasteiger charge is -2.17. The summed E-state index contributed by atoms with van der Waals surface area (Å²) in [5.41, 5.74) is 5.09. The number of halogens is 1. The molecule has 3 nitrogen and oxygen atoms in total. The number of hydrogen-bond donors (Lipinski definition) is 2. The average molecular weight is 380 g/mol. The van der Waals surface area contributed by atoms with Gasteiger partial charge in [-0.05, 0) is 43.2 Å². The van der Waals surface area contributed by atoms with E-state index in [9.17, 15) is 4.79 Å². The van der Waals surface area contributed by atoms with Gasteiger partial charge in [-0.2, -0.15) is 0 Å². The molecular weight excluding hydrogens is 356 g/mol. The third kappa shape index (κ3) is 5.19. The SMILES string of the molecule is Cc1ccc(C)c(NC(=O)[C@H]([NH2+]Cc2cccc(Cl)c2)c2ccccc2)c1. The number of carbonyl (C=O) groups is 1. The highest BCUT2D eigenvalue weighted by Gasteiger charge is 2.24. The fourth-order valence-corrected chi connectivity index (χ4v) is 3.27. The monoisotopic (exact) mass is 379 g/mol. The van der Waals surface area contributed by atoms with Crippen molar-refractivity contribution in [3.63, 3.8) is 0 Å². The van der Waals surface area contributed by atoms with E-state index in [-0.39, 0.29) is 11.9 Å². The highest BCUT2D eigenvalue weighted by molar-refractivity contribution is 6.30. The molecule has 0 aliphatic carbocycles. The molecule has 1 atom stereocenters. The van der Waals surface area contributed by atoms with Gasteiger partial charge in [0.2, 0.25) is 0 Å². The van der Waals surface area contributed by atoms with Gasteiger partial charge in [-0.1, -0.05) is 66.2 Å².